The lowest BCUT2D eigenvalue weighted by molar-refractivity contribution is 0.0438. The molecule has 0 saturated heterocycles. The van der Waals surface area contributed by atoms with Gasteiger partial charge < -0.3 is 14.4 Å². The van der Waals surface area contributed by atoms with Gasteiger partial charge in [0.15, 0.2) is 6.10 Å². The fraction of sp³-hybridized carbons (Fsp3) is 0.308. The molecule has 1 aliphatic rings. The quantitative estimate of drug-likeness (QED) is 0.467. The summed E-state index contributed by atoms with van der Waals surface area (Å²) in [5.41, 5.74) is 1.90. The smallest absolute Gasteiger partial charge is 0.446 e. The zero-order chi connectivity index (χ0) is 13.1. The fourth-order valence-electron chi connectivity index (χ4n) is 1.80. The second-order valence-electron chi connectivity index (χ2n) is 4.02. The summed E-state index contributed by atoms with van der Waals surface area (Å²) < 4.78 is 10.2. The molecule has 0 radical (unpaired) electrons. The maximum Gasteiger partial charge on any atom is 0.491 e. The first-order valence-electron chi connectivity index (χ1n) is 5.67. The number of esters is 1. The molecule has 1 heterocycles. The molecular formula is C13H13BO4. The van der Waals surface area contributed by atoms with Crippen molar-refractivity contribution in [2.45, 2.75) is 26.6 Å². The van der Waals surface area contributed by atoms with Crippen LogP contribution in [0.5, 0.6) is 0 Å². The Morgan fingerprint density at radius 1 is 1.61 bits per heavy atom. The number of carbonyl (C=O) groups is 1. The SMILES string of the molecule is CC#CC(C)OC(=O)c1ccc2c(c1)B(O)OC2. The van der Waals surface area contributed by atoms with Crippen molar-refractivity contribution in [3.63, 3.8) is 0 Å². The molecule has 0 aliphatic carbocycles. The van der Waals surface area contributed by atoms with Crippen LogP contribution >= 0.6 is 0 Å². The highest BCUT2D eigenvalue weighted by Gasteiger charge is 2.28. The number of hydrogen-bond acceptors (Lipinski definition) is 4. The molecule has 0 amide bonds. The third-order valence-electron chi connectivity index (χ3n) is 2.68. The van der Waals surface area contributed by atoms with Crippen LogP contribution in [0.2, 0.25) is 0 Å². The molecule has 1 N–H and O–H groups in total. The van der Waals surface area contributed by atoms with Crippen LogP contribution in [0, 0.1) is 11.8 Å². The van der Waals surface area contributed by atoms with Gasteiger partial charge in [-0.3, -0.25) is 0 Å². The van der Waals surface area contributed by atoms with E-state index in [0.717, 1.165) is 5.56 Å². The largest absolute Gasteiger partial charge is 0.491 e. The van der Waals surface area contributed by atoms with E-state index in [1.807, 2.05) is 0 Å². The highest BCUT2D eigenvalue weighted by Crippen LogP contribution is 2.12. The van der Waals surface area contributed by atoms with Crippen LogP contribution in [0.15, 0.2) is 18.2 Å². The van der Waals surface area contributed by atoms with Gasteiger partial charge in [0, 0.05) is 0 Å². The van der Waals surface area contributed by atoms with Crippen LogP contribution in [0.4, 0.5) is 0 Å². The summed E-state index contributed by atoms with van der Waals surface area (Å²) in [7, 11) is -0.958. The summed E-state index contributed by atoms with van der Waals surface area (Å²) in [6, 6.07) is 5.02. The molecular weight excluding hydrogens is 231 g/mol. The molecule has 2 rings (SSSR count). The standard InChI is InChI=1S/C13H13BO4/c1-3-4-9(2)18-13(15)10-5-6-11-8-17-14(16)12(11)7-10/h5-7,9,16H,8H2,1-2H3. The average Bonchev–Trinajstić information content (AvgIpc) is 2.71. The van der Waals surface area contributed by atoms with E-state index in [2.05, 4.69) is 11.8 Å². The van der Waals surface area contributed by atoms with Gasteiger partial charge in [-0.05, 0) is 37.0 Å². The molecule has 1 atom stereocenters. The van der Waals surface area contributed by atoms with Crippen molar-refractivity contribution < 1.29 is 19.2 Å². The van der Waals surface area contributed by atoms with Crippen LogP contribution < -0.4 is 5.46 Å². The van der Waals surface area contributed by atoms with Crippen molar-refractivity contribution in [3.8, 4) is 11.8 Å². The van der Waals surface area contributed by atoms with Gasteiger partial charge in [0.2, 0.25) is 0 Å². The zero-order valence-corrected chi connectivity index (χ0v) is 10.3. The summed E-state index contributed by atoms with van der Waals surface area (Å²) in [6.45, 7) is 3.76. The van der Waals surface area contributed by atoms with Gasteiger partial charge in [0.25, 0.3) is 0 Å². The third kappa shape index (κ3) is 2.56. The number of carbonyl (C=O) groups excluding carboxylic acids is 1. The summed E-state index contributed by atoms with van der Waals surface area (Å²) in [5, 5.41) is 9.56. The minimum Gasteiger partial charge on any atom is -0.446 e. The predicted octanol–water partition coefficient (Wildman–Crippen LogP) is 0.473. The first-order chi connectivity index (χ1) is 8.61. The second kappa shape index (κ2) is 5.26. The Hall–Kier alpha value is -1.77. The maximum atomic E-state index is 11.8. The van der Waals surface area contributed by atoms with E-state index < -0.39 is 19.2 Å². The first kappa shape index (κ1) is 12.7. The highest BCUT2D eigenvalue weighted by atomic mass is 16.5. The Bertz CT molecular complexity index is 530. The molecule has 5 heteroatoms. The van der Waals surface area contributed by atoms with Gasteiger partial charge in [-0.2, -0.15) is 0 Å². The lowest BCUT2D eigenvalue weighted by Gasteiger charge is -2.08. The zero-order valence-electron chi connectivity index (χ0n) is 10.3. The van der Waals surface area contributed by atoms with Crippen molar-refractivity contribution in [1.82, 2.24) is 0 Å². The Labute approximate surface area is 106 Å². The van der Waals surface area contributed by atoms with Gasteiger partial charge in [0.1, 0.15) is 0 Å². The van der Waals surface area contributed by atoms with Crippen LogP contribution in [0.1, 0.15) is 29.8 Å². The molecule has 0 fully saturated rings. The van der Waals surface area contributed by atoms with Crippen molar-refractivity contribution in [2.24, 2.45) is 0 Å². The molecule has 1 aliphatic heterocycles. The molecule has 0 aromatic heterocycles. The van der Waals surface area contributed by atoms with Crippen molar-refractivity contribution in [3.05, 3.63) is 29.3 Å². The van der Waals surface area contributed by atoms with E-state index in [4.69, 9.17) is 9.39 Å². The van der Waals surface area contributed by atoms with Crippen LogP contribution in [-0.2, 0) is 16.0 Å². The molecule has 1 unspecified atom stereocenters. The fourth-order valence-corrected chi connectivity index (χ4v) is 1.80. The van der Waals surface area contributed by atoms with Gasteiger partial charge in [-0.15, -0.1) is 5.92 Å². The lowest BCUT2D eigenvalue weighted by Crippen LogP contribution is -2.29. The molecule has 1 aromatic rings. The van der Waals surface area contributed by atoms with E-state index in [1.54, 1.807) is 32.0 Å². The molecule has 0 saturated carbocycles. The Balaban J connectivity index is 2.16. The molecule has 1 aromatic carbocycles. The first-order valence-corrected chi connectivity index (χ1v) is 5.67. The van der Waals surface area contributed by atoms with Crippen molar-refractivity contribution >= 4 is 18.6 Å². The maximum absolute atomic E-state index is 11.8. The van der Waals surface area contributed by atoms with E-state index >= 15 is 0 Å². The molecule has 92 valence electrons. The highest BCUT2D eigenvalue weighted by molar-refractivity contribution is 6.61. The van der Waals surface area contributed by atoms with E-state index in [0.29, 0.717) is 17.6 Å². The number of fused-ring (bicyclic) bond motifs is 1. The number of ether oxygens (including phenoxy) is 1. The monoisotopic (exact) mass is 244 g/mol. The minimum absolute atomic E-state index is 0.365. The van der Waals surface area contributed by atoms with Crippen LogP contribution in [0.25, 0.3) is 0 Å². The summed E-state index contributed by atoms with van der Waals surface area (Å²) in [6.07, 6.45) is -0.447. The van der Waals surface area contributed by atoms with Crippen molar-refractivity contribution in [2.75, 3.05) is 0 Å². The number of rotatable bonds is 2. The predicted molar refractivity (Wildman–Crippen MR) is 67.2 cm³/mol. The lowest BCUT2D eigenvalue weighted by atomic mass is 9.79. The summed E-state index contributed by atoms with van der Waals surface area (Å²) in [5.74, 6) is 4.97. The topological polar surface area (TPSA) is 55.8 Å². The van der Waals surface area contributed by atoms with E-state index in [9.17, 15) is 9.82 Å². The van der Waals surface area contributed by atoms with Crippen molar-refractivity contribution in [1.29, 1.82) is 0 Å². The minimum atomic E-state index is -0.958. The van der Waals surface area contributed by atoms with Gasteiger partial charge in [0.05, 0.1) is 12.2 Å². The second-order valence-corrected chi connectivity index (χ2v) is 4.02. The molecule has 0 spiro atoms. The molecule has 18 heavy (non-hydrogen) atoms. The third-order valence-corrected chi connectivity index (χ3v) is 2.68. The average molecular weight is 244 g/mol. The Kier molecular flexibility index (Phi) is 3.70. The Morgan fingerprint density at radius 2 is 2.39 bits per heavy atom. The van der Waals surface area contributed by atoms with Crippen LogP contribution in [-0.4, -0.2) is 24.2 Å². The van der Waals surface area contributed by atoms with Gasteiger partial charge >= 0.3 is 13.1 Å². The Morgan fingerprint density at radius 3 is 3.11 bits per heavy atom. The van der Waals surface area contributed by atoms with E-state index in [1.165, 1.54) is 0 Å². The number of hydrogen-bond donors (Lipinski definition) is 1. The summed E-state index contributed by atoms with van der Waals surface area (Å²) in [4.78, 5) is 11.8. The van der Waals surface area contributed by atoms with Gasteiger partial charge in [-0.1, -0.05) is 12.0 Å². The normalized spacial score (nSPS) is 14.5. The molecule has 4 nitrogen and oxygen atoms in total. The summed E-state index contributed by atoms with van der Waals surface area (Å²) >= 11 is 0. The molecule has 0 bridgehead atoms. The van der Waals surface area contributed by atoms with Gasteiger partial charge in [-0.25, -0.2) is 4.79 Å². The van der Waals surface area contributed by atoms with E-state index in [-0.39, 0.29) is 0 Å². The number of benzene rings is 1. The van der Waals surface area contributed by atoms with Crippen LogP contribution in [0.3, 0.4) is 0 Å².